The third-order valence-electron chi connectivity index (χ3n) is 3.68. The van der Waals surface area contributed by atoms with Crippen LogP contribution in [0.3, 0.4) is 0 Å². The SMILES string of the molecule is COc1ccc(C=C(C(C)=O)C(=O)Nc2ccc(C)cc2C)cc1. The van der Waals surface area contributed by atoms with Gasteiger partial charge < -0.3 is 10.1 Å². The van der Waals surface area contributed by atoms with Crippen molar-refractivity contribution in [3.63, 3.8) is 0 Å². The molecule has 0 atom stereocenters. The van der Waals surface area contributed by atoms with E-state index in [1.165, 1.54) is 6.92 Å². The van der Waals surface area contributed by atoms with Gasteiger partial charge in [0.05, 0.1) is 12.7 Å². The predicted octanol–water partition coefficient (Wildman–Crippen LogP) is 3.92. The van der Waals surface area contributed by atoms with Gasteiger partial charge in [0, 0.05) is 5.69 Å². The van der Waals surface area contributed by atoms with Crippen molar-refractivity contribution in [2.75, 3.05) is 12.4 Å². The number of Topliss-reactive ketones (excluding diaryl/α,β-unsaturated/α-hetero) is 1. The quantitative estimate of drug-likeness (QED) is 0.515. The molecular weight excluding hydrogens is 302 g/mol. The number of carbonyl (C=O) groups excluding carboxylic acids is 2. The molecule has 24 heavy (non-hydrogen) atoms. The van der Waals surface area contributed by atoms with E-state index in [9.17, 15) is 9.59 Å². The van der Waals surface area contributed by atoms with Crippen molar-refractivity contribution in [2.24, 2.45) is 0 Å². The summed E-state index contributed by atoms with van der Waals surface area (Å²) in [6.45, 7) is 5.29. The van der Waals surface area contributed by atoms with E-state index < -0.39 is 5.91 Å². The summed E-state index contributed by atoms with van der Waals surface area (Å²) in [6.07, 6.45) is 1.58. The Kier molecular flexibility index (Phi) is 5.53. The van der Waals surface area contributed by atoms with Gasteiger partial charge in [-0.15, -0.1) is 0 Å². The summed E-state index contributed by atoms with van der Waals surface area (Å²) >= 11 is 0. The van der Waals surface area contributed by atoms with Crippen LogP contribution in [0.25, 0.3) is 6.08 Å². The number of hydrogen-bond donors (Lipinski definition) is 1. The minimum Gasteiger partial charge on any atom is -0.497 e. The zero-order valence-corrected chi connectivity index (χ0v) is 14.3. The third kappa shape index (κ3) is 4.32. The number of anilines is 1. The van der Waals surface area contributed by atoms with E-state index >= 15 is 0 Å². The summed E-state index contributed by atoms with van der Waals surface area (Å²) < 4.78 is 5.10. The highest BCUT2D eigenvalue weighted by Crippen LogP contribution is 2.19. The highest BCUT2D eigenvalue weighted by molar-refractivity contribution is 6.25. The first kappa shape index (κ1) is 17.5. The summed E-state index contributed by atoms with van der Waals surface area (Å²) in [5.41, 5.74) is 3.64. The molecule has 4 heteroatoms. The van der Waals surface area contributed by atoms with E-state index in [2.05, 4.69) is 5.32 Å². The molecule has 0 aliphatic carbocycles. The molecule has 0 saturated heterocycles. The molecule has 0 saturated carbocycles. The molecule has 0 aliphatic rings. The van der Waals surface area contributed by atoms with Crippen molar-refractivity contribution in [3.05, 3.63) is 64.7 Å². The molecule has 124 valence electrons. The fourth-order valence-corrected chi connectivity index (χ4v) is 2.34. The standard InChI is InChI=1S/C20H21NO3/c1-13-5-10-19(14(2)11-13)21-20(23)18(15(3)22)12-16-6-8-17(24-4)9-7-16/h5-12H,1-4H3,(H,21,23). The summed E-state index contributed by atoms with van der Waals surface area (Å²) in [4.78, 5) is 24.4. The third-order valence-corrected chi connectivity index (χ3v) is 3.68. The van der Waals surface area contributed by atoms with E-state index in [1.54, 1.807) is 37.5 Å². The van der Waals surface area contributed by atoms with Gasteiger partial charge in [-0.05, 0) is 56.2 Å². The monoisotopic (exact) mass is 323 g/mol. The fourth-order valence-electron chi connectivity index (χ4n) is 2.34. The first-order valence-corrected chi connectivity index (χ1v) is 7.66. The van der Waals surface area contributed by atoms with Gasteiger partial charge >= 0.3 is 0 Å². The summed E-state index contributed by atoms with van der Waals surface area (Å²) in [5.74, 6) is 0.0228. The Labute approximate surface area is 142 Å². The van der Waals surface area contributed by atoms with Crippen LogP contribution in [0, 0.1) is 13.8 Å². The average Bonchev–Trinajstić information content (AvgIpc) is 2.55. The second-order valence-corrected chi connectivity index (χ2v) is 5.66. The molecule has 0 unspecified atom stereocenters. The topological polar surface area (TPSA) is 55.4 Å². The van der Waals surface area contributed by atoms with Gasteiger partial charge in [-0.3, -0.25) is 9.59 Å². The van der Waals surface area contributed by atoms with Crippen molar-refractivity contribution in [1.29, 1.82) is 0 Å². The van der Waals surface area contributed by atoms with E-state index in [4.69, 9.17) is 4.74 Å². The van der Waals surface area contributed by atoms with Crippen molar-refractivity contribution in [3.8, 4) is 5.75 Å². The van der Waals surface area contributed by atoms with E-state index in [0.29, 0.717) is 5.69 Å². The minimum atomic E-state index is -0.412. The van der Waals surface area contributed by atoms with Crippen LogP contribution in [0.2, 0.25) is 0 Å². The van der Waals surface area contributed by atoms with Gasteiger partial charge in [0.15, 0.2) is 5.78 Å². The van der Waals surface area contributed by atoms with E-state index in [1.807, 2.05) is 32.0 Å². The number of benzene rings is 2. The first-order chi connectivity index (χ1) is 11.4. The maximum atomic E-state index is 12.5. The van der Waals surface area contributed by atoms with Gasteiger partial charge in [0.25, 0.3) is 5.91 Å². The molecule has 1 N–H and O–H groups in total. The van der Waals surface area contributed by atoms with Crippen LogP contribution in [0.1, 0.15) is 23.6 Å². The first-order valence-electron chi connectivity index (χ1n) is 7.66. The van der Waals surface area contributed by atoms with E-state index in [0.717, 1.165) is 22.4 Å². The Hall–Kier alpha value is -2.88. The molecule has 2 rings (SSSR count). The summed E-state index contributed by atoms with van der Waals surface area (Å²) in [7, 11) is 1.59. The average molecular weight is 323 g/mol. The van der Waals surface area contributed by atoms with Gasteiger partial charge in [0.1, 0.15) is 5.75 Å². The molecule has 0 radical (unpaired) electrons. The molecule has 2 aromatic rings. The van der Waals surface area contributed by atoms with Crippen molar-refractivity contribution in [2.45, 2.75) is 20.8 Å². The van der Waals surface area contributed by atoms with Gasteiger partial charge in [0.2, 0.25) is 0 Å². The summed E-state index contributed by atoms with van der Waals surface area (Å²) in [6, 6.07) is 12.9. The van der Waals surface area contributed by atoms with Crippen molar-refractivity contribution >= 4 is 23.5 Å². The van der Waals surface area contributed by atoms with Crippen LogP contribution in [-0.4, -0.2) is 18.8 Å². The molecule has 0 bridgehead atoms. The van der Waals surface area contributed by atoms with Crippen LogP contribution >= 0.6 is 0 Å². The predicted molar refractivity (Wildman–Crippen MR) is 96.2 cm³/mol. The summed E-state index contributed by atoms with van der Waals surface area (Å²) in [5, 5.41) is 2.81. The van der Waals surface area contributed by atoms with Crippen LogP contribution in [0.15, 0.2) is 48.0 Å². The fraction of sp³-hybridized carbons (Fsp3) is 0.200. The number of aryl methyl sites for hydroxylation is 2. The van der Waals surface area contributed by atoms with Crippen LogP contribution in [0.5, 0.6) is 5.75 Å². The second kappa shape index (κ2) is 7.59. The lowest BCUT2D eigenvalue weighted by atomic mass is 10.1. The molecular formula is C20H21NO3. The Morgan fingerprint density at radius 2 is 1.71 bits per heavy atom. The molecule has 0 spiro atoms. The molecule has 0 aromatic heterocycles. The van der Waals surface area contributed by atoms with Gasteiger partial charge in [-0.2, -0.15) is 0 Å². The molecule has 0 heterocycles. The van der Waals surface area contributed by atoms with Crippen LogP contribution < -0.4 is 10.1 Å². The number of rotatable bonds is 5. The number of hydrogen-bond acceptors (Lipinski definition) is 3. The number of ketones is 1. The molecule has 0 aliphatic heterocycles. The molecule has 1 amide bonds. The molecule has 0 fully saturated rings. The molecule has 2 aromatic carbocycles. The number of methoxy groups -OCH3 is 1. The number of amides is 1. The lowest BCUT2D eigenvalue weighted by Gasteiger charge is -2.10. The normalized spacial score (nSPS) is 11.1. The highest BCUT2D eigenvalue weighted by atomic mass is 16.5. The zero-order valence-electron chi connectivity index (χ0n) is 14.3. The smallest absolute Gasteiger partial charge is 0.259 e. The number of nitrogens with one attached hydrogen (secondary N) is 1. The Morgan fingerprint density at radius 1 is 1.04 bits per heavy atom. The number of ether oxygens (including phenoxy) is 1. The van der Waals surface area contributed by atoms with Crippen LogP contribution in [0.4, 0.5) is 5.69 Å². The zero-order chi connectivity index (χ0) is 17.7. The van der Waals surface area contributed by atoms with Crippen molar-refractivity contribution in [1.82, 2.24) is 0 Å². The Balaban J connectivity index is 2.27. The number of carbonyl (C=O) groups is 2. The van der Waals surface area contributed by atoms with Gasteiger partial charge in [-0.1, -0.05) is 29.8 Å². The van der Waals surface area contributed by atoms with Crippen LogP contribution in [-0.2, 0) is 9.59 Å². The van der Waals surface area contributed by atoms with E-state index in [-0.39, 0.29) is 11.4 Å². The maximum absolute atomic E-state index is 12.5. The second-order valence-electron chi connectivity index (χ2n) is 5.66. The minimum absolute atomic E-state index is 0.111. The molecule has 4 nitrogen and oxygen atoms in total. The van der Waals surface area contributed by atoms with Gasteiger partial charge in [-0.25, -0.2) is 0 Å². The van der Waals surface area contributed by atoms with Crippen molar-refractivity contribution < 1.29 is 14.3 Å². The lowest BCUT2D eigenvalue weighted by Crippen LogP contribution is -2.19. The lowest BCUT2D eigenvalue weighted by molar-refractivity contribution is -0.118. The maximum Gasteiger partial charge on any atom is 0.259 e. The highest BCUT2D eigenvalue weighted by Gasteiger charge is 2.15. The Bertz CT molecular complexity index is 789. The largest absolute Gasteiger partial charge is 0.497 e. The Morgan fingerprint density at radius 3 is 2.25 bits per heavy atom.